The van der Waals surface area contributed by atoms with Crippen molar-refractivity contribution in [1.29, 1.82) is 0 Å². The van der Waals surface area contributed by atoms with E-state index in [9.17, 15) is 4.79 Å². The molecule has 0 atom stereocenters. The molecule has 0 aliphatic carbocycles. The molecule has 2 rings (SSSR count). The van der Waals surface area contributed by atoms with Crippen LogP contribution >= 0.6 is 38.5 Å². The first-order valence-electron chi connectivity index (χ1n) is 5.72. The van der Waals surface area contributed by atoms with Crippen molar-refractivity contribution < 1.29 is 9.53 Å². The van der Waals surface area contributed by atoms with Crippen molar-refractivity contribution in [1.82, 2.24) is 0 Å². The van der Waals surface area contributed by atoms with Gasteiger partial charge in [-0.2, -0.15) is 0 Å². The predicted molar refractivity (Wildman–Crippen MR) is 87.9 cm³/mol. The van der Waals surface area contributed by atoms with Crippen LogP contribution in [-0.2, 0) is 6.42 Å². The molecule has 2 nitrogen and oxygen atoms in total. The van der Waals surface area contributed by atoms with E-state index in [1.165, 1.54) is 0 Å². The van der Waals surface area contributed by atoms with Gasteiger partial charge >= 0.3 is 0 Å². The van der Waals surface area contributed by atoms with Crippen LogP contribution in [0.3, 0.4) is 0 Å². The van der Waals surface area contributed by atoms with E-state index in [2.05, 4.69) is 38.5 Å². The van der Waals surface area contributed by atoms with Crippen molar-refractivity contribution in [2.24, 2.45) is 0 Å². The number of ether oxygens (including phenoxy) is 1. The molecule has 0 radical (unpaired) electrons. The normalized spacial score (nSPS) is 10.3. The van der Waals surface area contributed by atoms with Gasteiger partial charge in [-0.3, -0.25) is 4.79 Å². The number of benzene rings is 2. The Hall–Kier alpha value is -0.880. The Bertz CT molecular complexity index is 611. The van der Waals surface area contributed by atoms with Crippen LogP contribution in [-0.4, -0.2) is 12.9 Å². The van der Waals surface area contributed by atoms with Gasteiger partial charge in [0.2, 0.25) is 0 Å². The Balaban J connectivity index is 2.28. The molecule has 0 fully saturated rings. The van der Waals surface area contributed by atoms with Crippen molar-refractivity contribution in [3.63, 3.8) is 0 Å². The lowest BCUT2D eigenvalue weighted by Gasteiger charge is -2.08. The molecule has 0 N–H and O–H groups in total. The average molecular weight is 431 g/mol. The van der Waals surface area contributed by atoms with E-state index in [0.29, 0.717) is 6.42 Å². The van der Waals surface area contributed by atoms with Gasteiger partial charge in [0, 0.05) is 25.6 Å². The molecule has 4 heteroatoms. The molecule has 0 bridgehead atoms. The number of halogens is 2. The number of carbonyl (C=O) groups excluding carboxylic acids is 1. The van der Waals surface area contributed by atoms with Gasteiger partial charge in [-0.05, 0) is 46.9 Å². The third kappa shape index (κ3) is 3.57. The fourth-order valence-corrected chi connectivity index (χ4v) is 2.83. The zero-order valence-corrected chi connectivity index (χ0v) is 14.1. The highest BCUT2D eigenvalue weighted by atomic mass is 127. The summed E-state index contributed by atoms with van der Waals surface area (Å²) in [6, 6.07) is 13.3. The van der Waals surface area contributed by atoms with E-state index in [-0.39, 0.29) is 5.78 Å². The number of hydrogen-bond acceptors (Lipinski definition) is 2. The standard InChI is InChI=1S/C15H12BrIO2/c1-19-15-5-3-2-4-10(15)8-14(18)12-9-11(16)6-7-13(12)17/h2-7,9H,8H2,1H3. The number of para-hydroxylation sites is 1. The SMILES string of the molecule is COc1ccccc1CC(=O)c1cc(Br)ccc1I. The van der Waals surface area contributed by atoms with E-state index >= 15 is 0 Å². The van der Waals surface area contributed by atoms with Gasteiger partial charge < -0.3 is 4.74 Å². The topological polar surface area (TPSA) is 26.3 Å². The van der Waals surface area contributed by atoms with Gasteiger partial charge in [0.15, 0.2) is 5.78 Å². The minimum absolute atomic E-state index is 0.0928. The van der Waals surface area contributed by atoms with E-state index in [4.69, 9.17) is 4.74 Å². The predicted octanol–water partition coefficient (Wildman–Crippen LogP) is 4.49. The molecule has 0 heterocycles. The molecule has 2 aromatic rings. The Kier molecular flexibility index (Phi) is 4.99. The molecule has 0 saturated heterocycles. The molecule has 0 spiro atoms. The highest BCUT2D eigenvalue weighted by Crippen LogP contribution is 2.23. The van der Waals surface area contributed by atoms with E-state index in [0.717, 1.165) is 24.9 Å². The van der Waals surface area contributed by atoms with Crippen LogP contribution in [0.15, 0.2) is 46.9 Å². The molecule has 0 unspecified atom stereocenters. The maximum absolute atomic E-state index is 12.4. The third-order valence-corrected chi connectivity index (χ3v) is 4.21. The lowest BCUT2D eigenvalue weighted by atomic mass is 10.0. The van der Waals surface area contributed by atoms with Gasteiger partial charge in [0.05, 0.1) is 7.11 Å². The quantitative estimate of drug-likeness (QED) is 0.527. The van der Waals surface area contributed by atoms with Crippen LogP contribution in [0.25, 0.3) is 0 Å². The number of carbonyl (C=O) groups is 1. The van der Waals surface area contributed by atoms with Gasteiger partial charge in [-0.25, -0.2) is 0 Å². The Morgan fingerprint density at radius 2 is 2.00 bits per heavy atom. The van der Waals surface area contributed by atoms with Crippen molar-refractivity contribution in [3.05, 3.63) is 61.6 Å². The summed E-state index contributed by atoms with van der Waals surface area (Å²) in [7, 11) is 1.62. The molecular weight excluding hydrogens is 419 g/mol. The molecule has 0 aromatic heterocycles. The Morgan fingerprint density at radius 3 is 2.74 bits per heavy atom. The number of methoxy groups -OCH3 is 1. The van der Waals surface area contributed by atoms with Crippen LogP contribution in [0.1, 0.15) is 15.9 Å². The zero-order chi connectivity index (χ0) is 13.8. The Morgan fingerprint density at radius 1 is 1.26 bits per heavy atom. The van der Waals surface area contributed by atoms with Gasteiger partial charge in [-0.15, -0.1) is 0 Å². The highest BCUT2D eigenvalue weighted by Gasteiger charge is 2.13. The second-order valence-corrected chi connectivity index (χ2v) is 6.11. The average Bonchev–Trinajstić information content (AvgIpc) is 2.42. The largest absolute Gasteiger partial charge is 0.496 e. The summed E-state index contributed by atoms with van der Waals surface area (Å²) in [5, 5.41) is 0. The number of hydrogen-bond donors (Lipinski definition) is 0. The lowest BCUT2D eigenvalue weighted by Crippen LogP contribution is -2.07. The molecular formula is C15H12BrIO2. The zero-order valence-electron chi connectivity index (χ0n) is 10.3. The number of Topliss-reactive ketones (excluding diaryl/α,β-unsaturated/α-hetero) is 1. The molecule has 0 aliphatic heterocycles. The molecule has 2 aromatic carbocycles. The molecule has 19 heavy (non-hydrogen) atoms. The first kappa shape index (κ1) is 14.5. The van der Waals surface area contributed by atoms with Crippen LogP contribution in [0, 0.1) is 3.57 Å². The minimum atomic E-state index is 0.0928. The van der Waals surface area contributed by atoms with Crippen LogP contribution in [0.2, 0.25) is 0 Å². The summed E-state index contributed by atoms with van der Waals surface area (Å²) in [6.45, 7) is 0. The van der Waals surface area contributed by atoms with Crippen LogP contribution in [0.5, 0.6) is 5.75 Å². The van der Waals surface area contributed by atoms with Crippen LogP contribution in [0.4, 0.5) is 0 Å². The highest BCUT2D eigenvalue weighted by molar-refractivity contribution is 14.1. The van der Waals surface area contributed by atoms with Crippen LogP contribution < -0.4 is 4.74 Å². The Labute approximate surface area is 134 Å². The van der Waals surface area contributed by atoms with Gasteiger partial charge in [-0.1, -0.05) is 34.1 Å². The van der Waals surface area contributed by atoms with Gasteiger partial charge in [0.25, 0.3) is 0 Å². The lowest BCUT2D eigenvalue weighted by molar-refractivity contribution is 0.0991. The minimum Gasteiger partial charge on any atom is -0.496 e. The second kappa shape index (κ2) is 6.52. The second-order valence-electron chi connectivity index (χ2n) is 4.04. The molecule has 0 amide bonds. The first-order valence-corrected chi connectivity index (χ1v) is 7.59. The summed E-state index contributed by atoms with van der Waals surface area (Å²) in [6.07, 6.45) is 0.344. The fourth-order valence-electron chi connectivity index (χ4n) is 1.83. The van der Waals surface area contributed by atoms with Gasteiger partial charge in [0.1, 0.15) is 5.75 Å². The van der Waals surface area contributed by atoms with Crippen molar-refractivity contribution in [2.75, 3.05) is 7.11 Å². The van der Waals surface area contributed by atoms with Crippen molar-refractivity contribution >= 4 is 44.3 Å². The van der Waals surface area contributed by atoms with E-state index in [1.54, 1.807) is 7.11 Å². The smallest absolute Gasteiger partial charge is 0.168 e. The monoisotopic (exact) mass is 430 g/mol. The maximum Gasteiger partial charge on any atom is 0.168 e. The summed E-state index contributed by atoms with van der Waals surface area (Å²) in [4.78, 5) is 12.4. The summed E-state index contributed by atoms with van der Waals surface area (Å²) < 4.78 is 7.14. The molecule has 98 valence electrons. The molecule has 0 aliphatic rings. The first-order chi connectivity index (χ1) is 9.11. The summed E-state index contributed by atoms with van der Waals surface area (Å²) >= 11 is 5.58. The van der Waals surface area contributed by atoms with E-state index < -0.39 is 0 Å². The molecule has 0 saturated carbocycles. The summed E-state index contributed by atoms with van der Waals surface area (Å²) in [5.41, 5.74) is 1.65. The number of ketones is 1. The van der Waals surface area contributed by atoms with E-state index in [1.807, 2.05) is 42.5 Å². The number of rotatable bonds is 4. The fraction of sp³-hybridized carbons (Fsp3) is 0.133. The maximum atomic E-state index is 12.4. The van der Waals surface area contributed by atoms with Crippen molar-refractivity contribution in [2.45, 2.75) is 6.42 Å². The van der Waals surface area contributed by atoms with Crippen molar-refractivity contribution in [3.8, 4) is 5.75 Å². The third-order valence-electron chi connectivity index (χ3n) is 2.77. The summed E-state index contributed by atoms with van der Waals surface area (Å²) in [5.74, 6) is 0.844.